The van der Waals surface area contributed by atoms with Crippen molar-refractivity contribution in [1.82, 2.24) is 4.90 Å². The molecule has 6 heteroatoms. The number of carbonyl (C=O) groups excluding carboxylic acids is 2. The first-order chi connectivity index (χ1) is 13.0. The molecule has 3 aromatic rings. The van der Waals surface area contributed by atoms with Crippen LogP contribution in [-0.2, 0) is 4.79 Å². The summed E-state index contributed by atoms with van der Waals surface area (Å²) in [5.41, 5.74) is 1.60. The average molecular weight is 382 g/mol. The van der Waals surface area contributed by atoms with Crippen LogP contribution in [0.3, 0.4) is 0 Å². The molecule has 2 amide bonds. The zero-order chi connectivity index (χ0) is 19.4. The van der Waals surface area contributed by atoms with Crippen molar-refractivity contribution in [3.63, 3.8) is 0 Å². The van der Waals surface area contributed by atoms with Crippen molar-refractivity contribution in [2.45, 2.75) is 13.8 Å². The van der Waals surface area contributed by atoms with Crippen molar-refractivity contribution in [2.75, 3.05) is 25.5 Å². The van der Waals surface area contributed by atoms with Crippen LogP contribution >= 0.6 is 11.3 Å². The second-order valence-electron chi connectivity index (χ2n) is 6.15. The Labute approximate surface area is 162 Å². The predicted molar refractivity (Wildman–Crippen MR) is 110 cm³/mol. The minimum absolute atomic E-state index is 0.000227. The van der Waals surface area contributed by atoms with Gasteiger partial charge in [0.05, 0.1) is 12.0 Å². The Morgan fingerprint density at radius 3 is 2.63 bits per heavy atom. The highest BCUT2D eigenvalue weighted by atomic mass is 32.1. The number of aryl methyl sites for hydroxylation is 1. The molecular weight excluding hydrogens is 360 g/mol. The SMILES string of the molecule is CCN(CC(=O)Nc1cccc(OC)c1)C(=O)c1sc2ccccc2c1C. The maximum Gasteiger partial charge on any atom is 0.264 e. The Hall–Kier alpha value is -2.86. The van der Waals surface area contributed by atoms with Gasteiger partial charge in [-0.3, -0.25) is 9.59 Å². The summed E-state index contributed by atoms with van der Waals surface area (Å²) < 4.78 is 6.24. The number of nitrogens with zero attached hydrogens (tertiary/aromatic N) is 1. The van der Waals surface area contributed by atoms with Crippen LogP contribution in [0.15, 0.2) is 48.5 Å². The van der Waals surface area contributed by atoms with Crippen LogP contribution in [0.25, 0.3) is 10.1 Å². The van der Waals surface area contributed by atoms with Gasteiger partial charge in [0.15, 0.2) is 0 Å². The normalized spacial score (nSPS) is 10.6. The maximum absolute atomic E-state index is 13.0. The van der Waals surface area contributed by atoms with Crippen LogP contribution in [0.4, 0.5) is 5.69 Å². The van der Waals surface area contributed by atoms with E-state index in [1.165, 1.54) is 11.3 Å². The van der Waals surface area contributed by atoms with Crippen molar-refractivity contribution in [3.05, 3.63) is 59.0 Å². The van der Waals surface area contributed by atoms with E-state index in [0.29, 0.717) is 22.9 Å². The van der Waals surface area contributed by atoms with E-state index in [4.69, 9.17) is 4.74 Å². The number of nitrogens with one attached hydrogen (secondary N) is 1. The zero-order valence-corrected chi connectivity index (χ0v) is 16.4. The van der Waals surface area contributed by atoms with Crippen molar-refractivity contribution in [1.29, 1.82) is 0 Å². The summed E-state index contributed by atoms with van der Waals surface area (Å²) in [4.78, 5) is 27.7. The second-order valence-corrected chi connectivity index (χ2v) is 7.20. The van der Waals surface area contributed by atoms with Gasteiger partial charge in [0, 0.05) is 23.0 Å². The lowest BCUT2D eigenvalue weighted by Crippen LogP contribution is -2.37. The lowest BCUT2D eigenvalue weighted by molar-refractivity contribution is -0.116. The second kappa shape index (κ2) is 8.22. The van der Waals surface area contributed by atoms with Crippen LogP contribution < -0.4 is 10.1 Å². The molecule has 0 radical (unpaired) electrons. The molecule has 0 spiro atoms. The number of ether oxygens (including phenoxy) is 1. The lowest BCUT2D eigenvalue weighted by Gasteiger charge is -2.20. The molecule has 0 atom stereocenters. The van der Waals surface area contributed by atoms with Gasteiger partial charge in [-0.2, -0.15) is 0 Å². The molecule has 0 unspecified atom stereocenters. The summed E-state index contributed by atoms with van der Waals surface area (Å²) in [5.74, 6) is 0.311. The van der Waals surface area contributed by atoms with E-state index in [-0.39, 0.29) is 18.4 Å². The Bertz CT molecular complexity index is 980. The quantitative estimate of drug-likeness (QED) is 0.691. The van der Waals surface area contributed by atoms with E-state index in [1.54, 1.807) is 30.2 Å². The third-order valence-corrected chi connectivity index (χ3v) is 5.66. The van der Waals surface area contributed by atoms with Crippen LogP contribution in [0.5, 0.6) is 5.75 Å². The van der Waals surface area contributed by atoms with Crippen LogP contribution in [0.2, 0.25) is 0 Å². The number of methoxy groups -OCH3 is 1. The lowest BCUT2D eigenvalue weighted by atomic mass is 10.1. The molecule has 140 valence electrons. The van der Waals surface area contributed by atoms with E-state index < -0.39 is 0 Å². The van der Waals surface area contributed by atoms with Gasteiger partial charge in [0.2, 0.25) is 5.91 Å². The number of carbonyl (C=O) groups is 2. The number of rotatable bonds is 6. The average Bonchev–Trinajstić information content (AvgIpc) is 3.02. The van der Waals surface area contributed by atoms with Gasteiger partial charge in [-0.1, -0.05) is 24.3 Å². The monoisotopic (exact) mass is 382 g/mol. The number of hydrogen-bond acceptors (Lipinski definition) is 4. The molecular formula is C21H22N2O3S. The van der Waals surface area contributed by atoms with E-state index in [2.05, 4.69) is 5.32 Å². The van der Waals surface area contributed by atoms with Crippen LogP contribution in [0.1, 0.15) is 22.2 Å². The van der Waals surface area contributed by atoms with E-state index >= 15 is 0 Å². The fourth-order valence-corrected chi connectivity index (χ4v) is 4.10. The summed E-state index contributed by atoms with van der Waals surface area (Å²) in [6.07, 6.45) is 0. The highest BCUT2D eigenvalue weighted by molar-refractivity contribution is 7.21. The van der Waals surface area contributed by atoms with E-state index in [9.17, 15) is 9.59 Å². The van der Waals surface area contributed by atoms with Gasteiger partial charge in [-0.05, 0) is 43.0 Å². The van der Waals surface area contributed by atoms with Gasteiger partial charge in [0.25, 0.3) is 5.91 Å². The van der Waals surface area contributed by atoms with Crippen LogP contribution in [0, 0.1) is 6.92 Å². The first-order valence-electron chi connectivity index (χ1n) is 8.74. The molecule has 27 heavy (non-hydrogen) atoms. The molecule has 1 N–H and O–H groups in total. The predicted octanol–water partition coefficient (Wildman–Crippen LogP) is 4.32. The summed E-state index contributed by atoms with van der Waals surface area (Å²) in [5, 5.41) is 3.91. The Morgan fingerprint density at radius 2 is 1.93 bits per heavy atom. The van der Waals surface area contributed by atoms with E-state index in [1.807, 2.05) is 44.2 Å². The van der Waals surface area contributed by atoms with Crippen molar-refractivity contribution < 1.29 is 14.3 Å². The van der Waals surface area contributed by atoms with Gasteiger partial charge >= 0.3 is 0 Å². The molecule has 0 fully saturated rings. The molecule has 1 aromatic heterocycles. The third kappa shape index (κ3) is 4.11. The Morgan fingerprint density at radius 1 is 1.15 bits per heavy atom. The summed E-state index contributed by atoms with van der Waals surface area (Å²) in [6.45, 7) is 4.29. The number of likely N-dealkylation sites (N-methyl/N-ethyl adjacent to an activating group) is 1. The summed E-state index contributed by atoms with van der Waals surface area (Å²) in [7, 11) is 1.58. The number of amides is 2. The maximum atomic E-state index is 13.0. The topological polar surface area (TPSA) is 58.6 Å². The number of thiophene rings is 1. The first-order valence-corrected chi connectivity index (χ1v) is 9.56. The molecule has 0 saturated carbocycles. The summed E-state index contributed by atoms with van der Waals surface area (Å²) >= 11 is 1.47. The Kier molecular flexibility index (Phi) is 5.76. The van der Waals surface area contributed by atoms with Crippen molar-refractivity contribution in [3.8, 4) is 5.75 Å². The Balaban J connectivity index is 1.74. The highest BCUT2D eigenvalue weighted by Crippen LogP contribution is 2.31. The number of hydrogen-bond donors (Lipinski definition) is 1. The fraction of sp³-hybridized carbons (Fsp3) is 0.238. The van der Waals surface area contributed by atoms with E-state index in [0.717, 1.165) is 15.6 Å². The number of benzene rings is 2. The minimum Gasteiger partial charge on any atom is -0.497 e. The molecule has 0 saturated heterocycles. The first kappa shape index (κ1) is 18.9. The molecule has 0 aliphatic heterocycles. The molecule has 0 bridgehead atoms. The fourth-order valence-electron chi connectivity index (χ4n) is 2.92. The number of fused-ring (bicyclic) bond motifs is 1. The van der Waals surface area contributed by atoms with Gasteiger partial charge in [-0.25, -0.2) is 0 Å². The largest absolute Gasteiger partial charge is 0.497 e. The third-order valence-electron chi connectivity index (χ3n) is 4.39. The van der Waals surface area contributed by atoms with Gasteiger partial charge in [-0.15, -0.1) is 11.3 Å². The smallest absolute Gasteiger partial charge is 0.264 e. The highest BCUT2D eigenvalue weighted by Gasteiger charge is 2.22. The van der Waals surface area contributed by atoms with Gasteiger partial charge in [0.1, 0.15) is 12.3 Å². The van der Waals surface area contributed by atoms with Gasteiger partial charge < -0.3 is 15.0 Å². The summed E-state index contributed by atoms with van der Waals surface area (Å²) in [6, 6.07) is 15.1. The number of anilines is 1. The molecule has 0 aliphatic carbocycles. The molecule has 5 nitrogen and oxygen atoms in total. The molecule has 3 rings (SSSR count). The molecule has 2 aromatic carbocycles. The minimum atomic E-state index is -0.239. The van der Waals surface area contributed by atoms with Crippen molar-refractivity contribution in [2.24, 2.45) is 0 Å². The molecule has 0 aliphatic rings. The zero-order valence-electron chi connectivity index (χ0n) is 15.6. The van der Waals surface area contributed by atoms with Crippen LogP contribution in [-0.4, -0.2) is 36.9 Å². The standard InChI is InChI=1S/C21H22N2O3S/c1-4-23(13-19(24)22-15-8-7-9-16(12-15)26-3)21(25)20-14(2)17-10-5-6-11-18(17)27-20/h5-12H,4,13H2,1-3H3,(H,22,24). The molecule has 1 heterocycles. The van der Waals surface area contributed by atoms with Crippen molar-refractivity contribution >= 4 is 38.9 Å².